The normalized spacial score (nSPS) is 14.4. The van der Waals surface area contributed by atoms with Gasteiger partial charge >= 0.3 is 0 Å². The highest BCUT2D eigenvalue weighted by atomic mass is 14.7. The summed E-state index contributed by atoms with van der Waals surface area (Å²) in [5.41, 5.74) is 12.5. The van der Waals surface area contributed by atoms with Gasteiger partial charge in [0, 0.05) is 16.6 Å². The van der Waals surface area contributed by atoms with Crippen LogP contribution in [0.1, 0.15) is 40.8 Å². The molecule has 3 N–H and O–H groups in total. The van der Waals surface area contributed by atoms with Gasteiger partial charge in [0.05, 0.1) is 5.52 Å². The standard InChI is InChI=1S/C16H19N3/c1-9-7-10(2)15-12(8-9)14(16(17)18)11-5-3-4-6-13(11)19-15/h7-8H,3-6H2,1-2H3,(H3,17,18). The van der Waals surface area contributed by atoms with Gasteiger partial charge in [-0.05, 0) is 56.7 Å². The van der Waals surface area contributed by atoms with Gasteiger partial charge in [0.25, 0.3) is 0 Å². The molecular formula is C16H19N3. The molecule has 0 atom stereocenters. The molecule has 1 aliphatic rings. The molecule has 1 aliphatic carbocycles. The van der Waals surface area contributed by atoms with Crippen LogP contribution < -0.4 is 5.73 Å². The molecule has 0 radical (unpaired) electrons. The van der Waals surface area contributed by atoms with E-state index in [-0.39, 0.29) is 5.84 Å². The van der Waals surface area contributed by atoms with Gasteiger partial charge in [-0.2, -0.15) is 0 Å². The van der Waals surface area contributed by atoms with E-state index in [9.17, 15) is 0 Å². The van der Waals surface area contributed by atoms with Crippen LogP contribution in [0.5, 0.6) is 0 Å². The van der Waals surface area contributed by atoms with Crippen LogP contribution in [0.3, 0.4) is 0 Å². The number of aryl methyl sites for hydroxylation is 3. The van der Waals surface area contributed by atoms with E-state index in [0.29, 0.717) is 0 Å². The third kappa shape index (κ3) is 1.89. The Labute approximate surface area is 113 Å². The summed E-state index contributed by atoms with van der Waals surface area (Å²) >= 11 is 0. The van der Waals surface area contributed by atoms with Crippen molar-refractivity contribution in [3.63, 3.8) is 0 Å². The third-order valence-corrected chi connectivity index (χ3v) is 3.97. The van der Waals surface area contributed by atoms with E-state index in [2.05, 4.69) is 26.0 Å². The molecule has 3 rings (SSSR count). The lowest BCUT2D eigenvalue weighted by atomic mass is 9.88. The fourth-order valence-electron chi connectivity index (χ4n) is 3.19. The van der Waals surface area contributed by atoms with Crippen molar-refractivity contribution in [2.24, 2.45) is 5.73 Å². The van der Waals surface area contributed by atoms with Gasteiger partial charge in [-0.1, -0.05) is 11.6 Å². The van der Waals surface area contributed by atoms with Crippen molar-refractivity contribution in [2.45, 2.75) is 39.5 Å². The second-order valence-corrected chi connectivity index (χ2v) is 5.51. The summed E-state index contributed by atoms with van der Waals surface area (Å²) in [5, 5.41) is 9.00. The lowest BCUT2D eigenvalue weighted by molar-refractivity contribution is 0.670. The Balaban J connectivity index is 2.46. The maximum absolute atomic E-state index is 7.95. The molecule has 1 aromatic carbocycles. The van der Waals surface area contributed by atoms with Gasteiger partial charge in [0.15, 0.2) is 0 Å². The van der Waals surface area contributed by atoms with E-state index in [0.717, 1.165) is 35.0 Å². The number of nitrogens with zero attached hydrogens (tertiary/aromatic N) is 1. The van der Waals surface area contributed by atoms with Gasteiger partial charge in [0.2, 0.25) is 0 Å². The smallest absolute Gasteiger partial charge is 0.123 e. The Morgan fingerprint density at radius 1 is 1.21 bits per heavy atom. The van der Waals surface area contributed by atoms with Crippen molar-refractivity contribution in [3.05, 3.63) is 40.1 Å². The summed E-state index contributed by atoms with van der Waals surface area (Å²) < 4.78 is 0. The zero-order chi connectivity index (χ0) is 13.6. The minimum absolute atomic E-state index is 0.176. The highest BCUT2D eigenvalue weighted by Gasteiger charge is 2.20. The van der Waals surface area contributed by atoms with E-state index in [1.54, 1.807) is 0 Å². The van der Waals surface area contributed by atoms with Crippen molar-refractivity contribution in [1.29, 1.82) is 5.41 Å². The van der Waals surface area contributed by atoms with Crippen LogP contribution in [0.25, 0.3) is 10.9 Å². The van der Waals surface area contributed by atoms with Crippen LogP contribution in [0.15, 0.2) is 12.1 Å². The van der Waals surface area contributed by atoms with Crippen molar-refractivity contribution >= 4 is 16.7 Å². The molecule has 0 fully saturated rings. The largest absolute Gasteiger partial charge is 0.384 e. The first kappa shape index (κ1) is 12.2. The highest BCUT2D eigenvalue weighted by molar-refractivity contribution is 6.09. The first-order valence-electron chi connectivity index (χ1n) is 6.85. The maximum atomic E-state index is 7.95. The summed E-state index contributed by atoms with van der Waals surface area (Å²) in [5.74, 6) is 0.176. The fourth-order valence-corrected chi connectivity index (χ4v) is 3.19. The Morgan fingerprint density at radius 3 is 2.68 bits per heavy atom. The Hall–Kier alpha value is -1.90. The summed E-state index contributed by atoms with van der Waals surface area (Å²) in [7, 11) is 0. The average molecular weight is 253 g/mol. The second-order valence-electron chi connectivity index (χ2n) is 5.51. The van der Waals surface area contributed by atoms with Crippen molar-refractivity contribution in [3.8, 4) is 0 Å². The van der Waals surface area contributed by atoms with E-state index >= 15 is 0 Å². The number of nitrogen functional groups attached to an aromatic ring is 1. The molecule has 3 nitrogen and oxygen atoms in total. The van der Waals surface area contributed by atoms with Crippen LogP contribution in [-0.4, -0.2) is 10.8 Å². The van der Waals surface area contributed by atoms with E-state index in [1.807, 2.05) is 0 Å². The zero-order valence-corrected chi connectivity index (χ0v) is 11.5. The number of rotatable bonds is 1. The lowest BCUT2D eigenvalue weighted by Gasteiger charge is -2.21. The SMILES string of the molecule is Cc1cc(C)c2nc3c(c(C(=N)N)c2c1)CCCC3. The number of hydrogen-bond donors (Lipinski definition) is 2. The number of fused-ring (bicyclic) bond motifs is 2. The fraction of sp³-hybridized carbons (Fsp3) is 0.375. The number of benzene rings is 1. The molecular weight excluding hydrogens is 234 g/mol. The van der Waals surface area contributed by atoms with Gasteiger partial charge in [-0.3, -0.25) is 10.4 Å². The lowest BCUT2D eigenvalue weighted by Crippen LogP contribution is -2.19. The number of nitrogens with one attached hydrogen (secondary N) is 1. The van der Waals surface area contributed by atoms with Crippen LogP contribution in [0.2, 0.25) is 0 Å². The van der Waals surface area contributed by atoms with Crippen LogP contribution in [0, 0.1) is 19.3 Å². The Bertz CT molecular complexity index is 686. The average Bonchev–Trinajstić information content (AvgIpc) is 2.36. The molecule has 0 unspecified atom stereocenters. The minimum Gasteiger partial charge on any atom is -0.384 e. The number of hydrogen-bond acceptors (Lipinski definition) is 2. The first-order valence-corrected chi connectivity index (χ1v) is 6.85. The molecule has 0 amide bonds. The summed E-state index contributed by atoms with van der Waals surface area (Å²) in [6.45, 7) is 4.16. The predicted molar refractivity (Wildman–Crippen MR) is 78.9 cm³/mol. The van der Waals surface area contributed by atoms with Crippen molar-refractivity contribution < 1.29 is 0 Å². The molecule has 2 aromatic rings. The van der Waals surface area contributed by atoms with E-state index in [4.69, 9.17) is 16.1 Å². The molecule has 0 spiro atoms. The molecule has 0 bridgehead atoms. The third-order valence-electron chi connectivity index (χ3n) is 3.97. The van der Waals surface area contributed by atoms with Gasteiger partial charge in [0.1, 0.15) is 5.84 Å². The van der Waals surface area contributed by atoms with Crippen molar-refractivity contribution in [1.82, 2.24) is 4.98 Å². The van der Waals surface area contributed by atoms with Crippen LogP contribution >= 0.6 is 0 Å². The quantitative estimate of drug-likeness (QED) is 0.606. The van der Waals surface area contributed by atoms with E-state index < -0.39 is 0 Å². The predicted octanol–water partition coefficient (Wildman–Crippen LogP) is 3.01. The maximum Gasteiger partial charge on any atom is 0.123 e. The first-order chi connectivity index (χ1) is 9.08. The molecule has 0 saturated carbocycles. The topological polar surface area (TPSA) is 62.8 Å². The number of aromatic nitrogens is 1. The molecule has 19 heavy (non-hydrogen) atoms. The Morgan fingerprint density at radius 2 is 1.95 bits per heavy atom. The minimum atomic E-state index is 0.176. The summed E-state index contributed by atoms with van der Waals surface area (Å²) in [4.78, 5) is 4.85. The second kappa shape index (κ2) is 4.34. The van der Waals surface area contributed by atoms with Gasteiger partial charge in [-0.15, -0.1) is 0 Å². The number of amidine groups is 1. The molecule has 1 heterocycles. The zero-order valence-electron chi connectivity index (χ0n) is 11.5. The summed E-state index contributed by atoms with van der Waals surface area (Å²) in [6, 6.07) is 4.26. The Kier molecular flexibility index (Phi) is 2.77. The molecule has 98 valence electrons. The molecule has 3 heteroatoms. The molecule has 0 aliphatic heterocycles. The van der Waals surface area contributed by atoms with Crippen molar-refractivity contribution in [2.75, 3.05) is 0 Å². The van der Waals surface area contributed by atoms with Crippen LogP contribution in [0.4, 0.5) is 0 Å². The number of nitrogens with two attached hydrogens (primary N) is 1. The highest BCUT2D eigenvalue weighted by Crippen LogP contribution is 2.31. The van der Waals surface area contributed by atoms with Gasteiger partial charge in [-0.25, -0.2) is 0 Å². The summed E-state index contributed by atoms with van der Waals surface area (Å²) in [6.07, 6.45) is 4.37. The van der Waals surface area contributed by atoms with Gasteiger partial charge < -0.3 is 5.73 Å². The molecule has 1 aromatic heterocycles. The monoisotopic (exact) mass is 253 g/mol. The van der Waals surface area contributed by atoms with Crippen LogP contribution in [-0.2, 0) is 12.8 Å². The molecule has 0 saturated heterocycles. The van der Waals surface area contributed by atoms with E-state index in [1.165, 1.54) is 29.5 Å². The number of pyridine rings is 1.